The first-order valence-corrected chi connectivity index (χ1v) is 10.0. The summed E-state index contributed by atoms with van der Waals surface area (Å²) in [5, 5.41) is 2.07. The first-order chi connectivity index (χ1) is 13.9. The molecule has 0 atom stereocenters. The van der Waals surface area contributed by atoms with E-state index in [1.54, 1.807) is 23.9 Å². The van der Waals surface area contributed by atoms with E-state index >= 15 is 0 Å². The van der Waals surface area contributed by atoms with E-state index < -0.39 is 0 Å². The third kappa shape index (κ3) is 3.40. The molecular formula is C22H19N3O2S. The second-order valence-corrected chi connectivity index (χ2v) is 7.51. The van der Waals surface area contributed by atoms with Gasteiger partial charge in [-0.3, -0.25) is 9.30 Å². The van der Waals surface area contributed by atoms with Crippen molar-refractivity contribution in [1.29, 1.82) is 0 Å². The lowest BCUT2D eigenvalue weighted by molar-refractivity contribution is 0.207. The zero-order valence-corrected chi connectivity index (χ0v) is 16.0. The average molecular weight is 389 g/mol. The molecule has 5 aromatic rings. The number of hydrogen-bond donors (Lipinski definition) is 0. The largest absolute Gasteiger partial charge is 0.468 e. The van der Waals surface area contributed by atoms with E-state index in [9.17, 15) is 0 Å². The van der Waals surface area contributed by atoms with E-state index in [1.807, 2.05) is 30.3 Å². The van der Waals surface area contributed by atoms with Gasteiger partial charge in [-0.15, -0.1) is 11.3 Å². The molecule has 1 aromatic carbocycles. The maximum Gasteiger partial charge on any atom is 0.194 e. The van der Waals surface area contributed by atoms with Crippen LogP contribution in [0, 0.1) is 0 Å². The lowest BCUT2D eigenvalue weighted by Crippen LogP contribution is -2.23. The normalized spacial score (nSPS) is 11.6. The maximum atomic E-state index is 5.60. The van der Waals surface area contributed by atoms with Crippen LogP contribution in [-0.4, -0.2) is 14.3 Å². The molecule has 0 aliphatic heterocycles. The SMILES string of the molecule is c1ccc(-c2nc3sccn3c2CN(Cc2ccco2)Cc2ccco2)cc1. The quantitative estimate of drug-likeness (QED) is 0.371. The highest BCUT2D eigenvalue weighted by molar-refractivity contribution is 7.15. The molecule has 140 valence electrons. The van der Waals surface area contributed by atoms with Crippen LogP contribution in [-0.2, 0) is 19.6 Å². The summed E-state index contributed by atoms with van der Waals surface area (Å²) in [5.74, 6) is 1.86. The summed E-state index contributed by atoms with van der Waals surface area (Å²) in [5.41, 5.74) is 3.32. The Labute approximate surface area is 166 Å². The first-order valence-electron chi connectivity index (χ1n) is 9.14. The second-order valence-electron chi connectivity index (χ2n) is 6.63. The summed E-state index contributed by atoms with van der Waals surface area (Å²) < 4.78 is 13.4. The van der Waals surface area contributed by atoms with E-state index in [1.165, 1.54) is 5.69 Å². The van der Waals surface area contributed by atoms with Crippen molar-refractivity contribution in [2.75, 3.05) is 0 Å². The molecule has 0 unspecified atom stereocenters. The summed E-state index contributed by atoms with van der Waals surface area (Å²) in [6, 6.07) is 18.2. The van der Waals surface area contributed by atoms with Gasteiger partial charge in [0.2, 0.25) is 0 Å². The van der Waals surface area contributed by atoms with Gasteiger partial charge in [-0.2, -0.15) is 0 Å². The fourth-order valence-electron chi connectivity index (χ4n) is 3.44. The van der Waals surface area contributed by atoms with Crippen LogP contribution in [0.3, 0.4) is 0 Å². The Hall–Kier alpha value is -3.09. The molecule has 0 saturated heterocycles. The fraction of sp³-hybridized carbons (Fsp3) is 0.136. The van der Waals surface area contributed by atoms with E-state index in [2.05, 4.69) is 45.1 Å². The molecule has 0 bridgehead atoms. The molecule has 0 amide bonds. The Balaban J connectivity index is 1.52. The first kappa shape index (κ1) is 17.0. The minimum absolute atomic E-state index is 0.694. The monoisotopic (exact) mass is 389 g/mol. The van der Waals surface area contributed by atoms with Crippen molar-refractivity contribution in [1.82, 2.24) is 14.3 Å². The van der Waals surface area contributed by atoms with Gasteiger partial charge >= 0.3 is 0 Å². The van der Waals surface area contributed by atoms with Crippen LogP contribution in [0.15, 0.2) is 87.5 Å². The third-order valence-electron chi connectivity index (χ3n) is 4.70. The fourth-order valence-corrected chi connectivity index (χ4v) is 4.17. The van der Waals surface area contributed by atoms with Crippen LogP contribution in [0.2, 0.25) is 0 Å². The molecule has 28 heavy (non-hydrogen) atoms. The standard InChI is InChI=1S/C22H19N3O2S/c1-2-6-17(7-3-1)21-20(25-10-13-28-22(25)23-21)16-24(14-18-8-4-11-26-18)15-19-9-5-12-27-19/h1-13H,14-16H2. The molecule has 0 fully saturated rings. The Bertz CT molecular complexity index is 1110. The van der Waals surface area contributed by atoms with Gasteiger partial charge in [0.1, 0.15) is 11.5 Å². The van der Waals surface area contributed by atoms with E-state index in [4.69, 9.17) is 13.8 Å². The number of aromatic nitrogens is 2. The number of furan rings is 2. The smallest absolute Gasteiger partial charge is 0.194 e. The molecule has 5 rings (SSSR count). The summed E-state index contributed by atoms with van der Waals surface area (Å²) in [7, 11) is 0. The number of hydrogen-bond acceptors (Lipinski definition) is 5. The molecule has 0 saturated carbocycles. The van der Waals surface area contributed by atoms with Crippen molar-refractivity contribution in [2.24, 2.45) is 0 Å². The molecule has 0 aliphatic rings. The Morgan fingerprint density at radius 1 is 0.857 bits per heavy atom. The predicted molar refractivity (Wildman–Crippen MR) is 109 cm³/mol. The highest BCUT2D eigenvalue weighted by atomic mass is 32.1. The zero-order chi connectivity index (χ0) is 18.8. The van der Waals surface area contributed by atoms with E-state index in [0.29, 0.717) is 13.1 Å². The number of fused-ring (bicyclic) bond motifs is 1. The highest BCUT2D eigenvalue weighted by Gasteiger charge is 2.19. The average Bonchev–Trinajstić information content (AvgIpc) is 3.50. The Morgan fingerprint density at radius 2 is 1.57 bits per heavy atom. The maximum absolute atomic E-state index is 5.60. The molecule has 4 heterocycles. The number of rotatable bonds is 7. The van der Waals surface area contributed by atoms with Crippen molar-refractivity contribution in [3.8, 4) is 11.3 Å². The molecule has 6 heteroatoms. The number of thiazole rings is 1. The van der Waals surface area contributed by atoms with Gasteiger partial charge in [0, 0.05) is 23.7 Å². The summed E-state index contributed by atoms with van der Waals surface area (Å²) in [6.45, 7) is 2.11. The van der Waals surface area contributed by atoms with E-state index in [0.717, 1.165) is 34.3 Å². The molecule has 0 aliphatic carbocycles. The van der Waals surface area contributed by atoms with Gasteiger partial charge in [-0.05, 0) is 24.3 Å². The van der Waals surface area contributed by atoms with Crippen molar-refractivity contribution < 1.29 is 8.83 Å². The number of imidazole rings is 1. The van der Waals surface area contributed by atoms with Crippen LogP contribution in [0.5, 0.6) is 0 Å². The van der Waals surface area contributed by atoms with Gasteiger partial charge in [-0.25, -0.2) is 4.98 Å². The molecular weight excluding hydrogens is 370 g/mol. The topological polar surface area (TPSA) is 46.8 Å². The Kier molecular flexibility index (Phi) is 4.56. The molecule has 0 N–H and O–H groups in total. The number of nitrogens with zero attached hydrogens (tertiary/aromatic N) is 3. The predicted octanol–water partition coefficient (Wildman–Crippen LogP) is 5.45. The zero-order valence-electron chi connectivity index (χ0n) is 15.2. The lowest BCUT2D eigenvalue weighted by Gasteiger charge is -2.20. The van der Waals surface area contributed by atoms with Gasteiger partial charge in [0.05, 0.1) is 37.0 Å². The van der Waals surface area contributed by atoms with Crippen molar-refractivity contribution in [2.45, 2.75) is 19.6 Å². The highest BCUT2D eigenvalue weighted by Crippen LogP contribution is 2.28. The number of benzene rings is 1. The molecule has 0 spiro atoms. The minimum Gasteiger partial charge on any atom is -0.468 e. The van der Waals surface area contributed by atoms with Gasteiger partial charge in [0.25, 0.3) is 0 Å². The summed E-state index contributed by atoms with van der Waals surface area (Å²) in [4.78, 5) is 8.21. The summed E-state index contributed by atoms with van der Waals surface area (Å²) >= 11 is 1.65. The second kappa shape index (κ2) is 7.50. The van der Waals surface area contributed by atoms with Crippen LogP contribution in [0.25, 0.3) is 16.2 Å². The minimum atomic E-state index is 0.694. The van der Waals surface area contributed by atoms with Crippen LogP contribution in [0.4, 0.5) is 0 Å². The molecule has 4 aromatic heterocycles. The van der Waals surface area contributed by atoms with Crippen molar-refractivity contribution >= 4 is 16.3 Å². The van der Waals surface area contributed by atoms with Gasteiger partial charge < -0.3 is 8.83 Å². The molecule has 5 nitrogen and oxygen atoms in total. The molecule has 0 radical (unpaired) electrons. The van der Waals surface area contributed by atoms with Crippen molar-refractivity contribution in [3.05, 3.63) is 95.9 Å². The van der Waals surface area contributed by atoms with Gasteiger partial charge in [0.15, 0.2) is 4.96 Å². The van der Waals surface area contributed by atoms with Crippen LogP contribution < -0.4 is 0 Å². The third-order valence-corrected chi connectivity index (χ3v) is 5.46. The van der Waals surface area contributed by atoms with E-state index in [-0.39, 0.29) is 0 Å². The summed E-state index contributed by atoms with van der Waals surface area (Å²) in [6.07, 6.45) is 5.52. The van der Waals surface area contributed by atoms with Gasteiger partial charge in [-0.1, -0.05) is 30.3 Å². The lowest BCUT2D eigenvalue weighted by atomic mass is 10.1. The Morgan fingerprint density at radius 3 is 2.21 bits per heavy atom. The van der Waals surface area contributed by atoms with Crippen molar-refractivity contribution in [3.63, 3.8) is 0 Å². The van der Waals surface area contributed by atoms with Crippen LogP contribution in [0.1, 0.15) is 17.2 Å². The van der Waals surface area contributed by atoms with Crippen LogP contribution >= 0.6 is 11.3 Å².